The van der Waals surface area contributed by atoms with E-state index in [4.69, 9.17) is 0 Å². The normalized spacial score (nSPS) is 13.4. The van der Waals surface area contributed by atoms with E-state index in [1.165, 1.54) is 5.56 Å². The number of allylic oxidation sites excluding steroid dienone is 5. The van der Waals surface area contributed by atoms with E-state index in [9.17, 15) is 0 Å². The molecule has 0 aliphatic carbocycles. The lowest BCUT2D eigenvalue weighted by atomic mass is 9.96. The van der Waals surface area contributed by atoms with E-state index in [2.05, 4.69) is 56.0 Å². The van der Waals surface area contributed by atoms with Crippen LogP contribution in [-0.4, -0.2) is 0 Å². The smallest absolute Gasteiger partial charge is 0.00184 e. The van der Waals surface area contributed by atoms with Gasteiger partial charge >= 0.3 is 0 Å². The standard InChI is InChI=1S/C15H18/c1-3-5-6-8-11-14(4-2)15-12-9-7-10-13-15/h3,5-14H,1,4H2,2H3/b6-5-,11-8-. The molecule has 0 heterocycles. The molecule has 0 saturated heterocycles. The van der Waals surface area contributed by atoms with Crippen molar-refractivity contribution in [2.45, 2.75) is 19.3 Å². The summed E-state index contributed by atoms with van der Waals surface area (Å²) in [5.74, 6) is 0.515. The Balaban J connectivity index is 2.68. The summed E-state index contributed by atoms with van der Waals surface area (Å²) in [6.45, 7) is 5.84. The third-order valence-corrected chi connectivity index (χ3v) is 2.37. The van der Waals surface area contributed by atoms with Crippen molar-refractivity contribution in [1.29, 1.82) is 0 Å². The van der Waals surface area contributed by atoms with Crippen molar-refractivity contribution in [2.75, 3.05) is 0 Å². The van der Waals surface area contributed by atoms with E-state index in [0.29, 0.717) is 5.92 Å². The predicted octanol–water partition coefficient (Wildman–Crippen LogP) is 4.48. The summed E-state index contributed by atoms with van der Waals surface area (Å²) in [5.41, 5.74) is 1.38. The highest BCUT2D eigenvalue weighted by Crippen LogP contribution is 2.20. The van der Waals surface area contributed by atoms with Crippen LogP contribution in [0.25, 0.3) is 0 Å². The summed E-state index contributed by atoms with van der Waals surface area (Å²) >= 11 is 0. The lowest BCUT2D eigenvalue weighted by Crippen LogP contribution is -1.91. The average molecular weight is 198 g/mol. The lowest BCUT2D eigenvalue weighted by Gasteiger charge is -2.09. The van der Waals surface area contributed by atoms with Gasteiger partial charge in [0.2, 0.25) is 0 Å². The van der Waals surface area contributed by atoms with Crippen molar-refractivity contribution < 1.29 is 0 Å². The van der Waals surface area contributed by atoms with Crippen molar-refractivity contribution in [2.24, 2.45) is 0 Å². The summed E-state index contributed by atoms with van der Waals surface area (Å²) in [6, 6.07) is 10.6. The SMILES string of the molecule is C=C/C=C\C=C/C(CC)c1ccccc1. The average Bonchev–Trinajstić information content (AvgIpc) is 2.30. The first kappa shape index (κ1) is 11.5. The van der Waals surface area contributed by atoms with Gasteiger partial charge in [0.05, 0.1) is 0 Å². The zero-order valence-corrected chi connectivity index (χ0v) is 9.27. The second-order valence-electron chi connectivity index (χ2n) is 3.43. The fraction of sp³-hybridized carbons (Fsp3) is 0.200. The van der Waals surface area contributed by atoms with Crippen molar-refractivity contribution >= 4 is 0 Å². The number of rotatable bonds is 5. The molecular weight excluding hydrogens is 180 g/mol. The molecule has 0 amide bonds. The minimum absolute atomic E-state index is 0.515. The largest absolute Gasteiger partial charge is 0.0991 e. The molecule has 1 rings (SSSR count). The fourth-order valence-electron chi connectivity index (χ4n) is 1.52. The first-order valence-corrected chi connectivity index (χ1v) is 5.39. The molecule has 0 nitrogen and oxygen atoms in total. The maximum Gasteiger partial charge on any atom is 0.00184 e. The van der Waals surface area contributed by atoms with Gasteiger partial charge in [-0.25, -0.2) is 0 Å². The Bertz CT molecular complexity index is 330. The molecule has 0 bridgehead atoms. The second kappa shape index (κ2) is 6.83. The quantitative estimate of drug-likeness (QED) is 0.612. The minimum atomic E-state index is 0.515. The van der Waals surface area contributed by atoms with Gasteiger partial charge < -0.3 is 0 Å². The van der Waals surface area contributed by atoms with Gasteiger partial charge in [0.25, 0.3) is 0 Å². The number of hydrogen-bond acceptors (Lipinski definition) is 0. The van der Waals surface area contributed by atoms with E-state index in [1.54, 1.807) is 6.08 Å². The molecule has 0 fully saturated rings. The van der Waals surface area contributed by atoms with Gasteiger partial charge in [0.1, 0.15) is 0 Å². The fourth-order valence-corrected chi connectivity index (χ4v) is 1.52. The maximum atomic E-state index is 3.63. The Hall–Kier alpha value is -1.56. The summed E-state index contributed by atoms with van der Waals surface area (Å²) in [7, 11) is 0. The third kappa shape index (κ3) is 3.99. The highest BCUT2D eigenvalue weighted by Gasteiger charge is 2.02. The molecule has 1 atom stereocenters. The molecule has 0 aliphatic rings. The second-order valence-corrected chi connectivity index (χ2v) is 3.43. The van der Waals surface area contributed by atoms with E-state index >= 15 is 0 Å². The van der Waals surface area contributed by atoms with Crippen molar-refractivity contribution in [3.05, 3.63) is 72.9 Å². The maximum absolute atomic E-state index is 3.63. The Morgan fingerprint density at radius 2 is 1.87 bits per heavy atom. The zero-order valence-electron chi connectivity index (χ0n) is 9.27. The van der Waals surface area contributed by atoms with E-state index in [1.807, 2.05) is 12.2 Å². The minimum Gasteiger partial charge on any atom is -0.0991 e. The van der Waals surface area contributed by atoms with Crippen LogP contribution in [0, 0.1) is 0 Å². The van der Waals surface area contributed by atoms with Gasteiger partial charge in [0.15, 0.2) is 0 Å². The van der Waals surface area contributed by atoms with Crippen LogP contribution in [0.1, 0.15) is 24.8 Å². The summed E-state index contributed by atoms with van der Waals surface area (Å²) < 4.78 is 0. The van der Waals surface area contributed by atoms with Gasteiger partial charge in [-0.2, -0.15) is 0 Å². The molecule has 15 heavy (non-hydrogen) atoms. The molecule has 0 N–H and O–H groups in total. The zero-order chi connectivity index (χ0) is 10.9. The molecule has 0 spiro atoms. The molecule has 0 saturated carbocycles. The predicted molar refractivity (Wildman–Crippen MR) is 68.0 cm³/mol. The van der Waals surface area contributed by atoms with Crippen LogP contribution in [0.15, 0.2) is 67.3 Å². The molecular formula is C15H18. The molecule has 0 radical (unpaired) electrons. The Kier molecular flexibility index (Phi) is 5.24. The third-order valence-electron chi connectivity index (χ3n) is 2.37. The molecule has 1 unspecified atom stereocenters. The molecule has 78 valence electrons. The summed E-state index contributed by atoms with van der Waals surface area (Å²) in [5, 5.41) is 0. The van der Waals surface area contributed by atoms with Crippen LogP contribution in [0.4, 0.5) is 0 Å². The number of benzene rings is 1. The Morgan fingerprint density at radius 3 is 2.47 bits per heavy atom. The van der Waals surface area contributed by atoms with Crippen LogP contribution in [-0.2, 0) is 0 Å². The molecule has 1 aromatic rings. The molecule has 0 heteroatoms. The molecule has 0 aliphatic heterocycles. The topological polar surface area (TPSA) is 0 Å². The number of hydrogen-bond donors (Lipinski definition) is 0. The van der Waals surface area contributed by atoms with E-state index in [0.717, 1.165) is 6.42 Å². The van der Waals surface area contributed by atoms with Gasteiger partial charge in [-0.05, 0) is 12.0 Å². The van der Waals surface area contributed by atoms with Gasteiger partial charge in [-0.15, -0.1) is 0 Å². The van der Waals surface area contributed by atoms with Crippen molar-refractivity contribution in [3.63, 3.8) is 0 Å². The highest BCUT2D eigenvalue weighted by atomic mass is 14.1. The van der Waals surface area contributed by atoms with Crippen LogP contribution >= 0.6 is 0 Å². The van der Waals surface area contributed by atoms with Crippen molar-refractivity contribution in [3.8, 4) is 0 Å². The monoisotopic (exact) mass is 198 g/mol. The first-order chi connectivity index (χ1) is 7.38. The Labute approximate surface area is 92.6 Å². The Morgan fingerprint density at radius 1 is 1.13 bits per heavy atom. The summed E-state index contributed by atoms with van der Waals surface area (Å²) in [4.78, 5) is 0. The van der Waals surface area contributed by atoms with Gasteiger partial charge in [0, 0.05) is 5.92 Å². The lowest BCUT2D eigenvalue weighted by molar-refractivity contribution is 0.805. The van der Waals surface area contributed by atoms with Crippen LogP contribution in [0.2, 0.25) is 0 Å². The van der Waals surface area contributed by atoms with Crippen LogP contribution in [0.5, 0.6) is 0 Å². The van der Waals surface area contributed by atoms with E-state index in [-0.39, 0.29) is 0 Å². The molecule has 1 aromatic carbocycles. The molecule has 0 aromatic heterocycles. The van der Waals surface area contributed by atoms with Crippen molar-refractivity contribution in [1.82, 2.24) is 0 Å². The summed E-state index contributed by atoms with van der Waals surface area (Å²) in [6.07, 6.45) is 11.2. The van der Waals surface area contributed by atoms with Crippen LogP contribution < -0.4 is 0 Å². The van der Waals surface area contributed by atoms with E-state index < -0.39 is 0 Å². The van der Waals surface area contributed by atoms with Gasteiger partial charge in [-0.1, -0.05) is 74.2 Å². The first-order valence-electron chi connectivity index (χ1n) is 5.39. The van der Waals surface area contributed by atoms with Gasteiger partial charge in [-0.3, -0.25) is 0 Å². The highest BCUT2D eigenvalue weighted by molar-refractivity contribution is 5.25. The van der Waals surface area contributed by atoms with Crippen LogP contribution in [0.3, 0.4) is 0 Å².